The molecule has 0 aromatic carbocycles. The van der Waals surface area contributed by atoms with Crippen LogP contribution < -0.4 is 10.6 Å². The summed E-state index contributed by atoms with van der Waals surface area (Å²) in [7, 11) is 0. The van der Waals surface area contributed by atoms with Crippen molar-refractivity contribution in [3.63, 3.8) is 0 Å². The van der Waals surface area contributed by atoms with Crippen LogP contribution in [0.4, 0.5) is 0 Å². The maximum Gasteiger partial charge on any atom is 0.188 e. The largest absolute Gasteiger partial charge is 0.357 e. The Morgan fingerprint density at radius 3 is 2.04 bits per heavy atom. The Morgan fingerprint density at radius 2 is 1.46 bits per heavy atom. The smallest absolute Gasteiger partial charge is 0.188 e. The van der Waals surface area contributed by atoms with E-state index in [1.165, 1.54) is 83.8 Å². The van der Waals surface area contributed by atoms with Crippen LogP contribution in [0.5, 0.6) is 0 Å². The molecule has 1 saturated heterocycles. The highest BCUT2D eigenvalue weighted by Gasteiger charge is 2.50. The third-order valence-corrected chi connectivity index (χ3v) is 7.21. The van der Waals surface area contributed by atoms with E-state index in [9.17, 15) is 0 Å². The van der Waals surface area contributed by atoms with Crippen LogP contribution in [0.2, 0.25) is 0 Å². The van der Waals surface area contributed by atoms with Crippen LogP contribution in [0, 0.1) is 28.6 Å². The lowest BCUT2D eigenvalue weighted by Gasteiger charge is -2.57. The van der Waals surface area contributed by atoms with Gasteiger partial charge in [-0.1, -0.05) is 0 Å². The fourth-order valence-electron chi connectivity index (χ4n) is 6.52. The van der Waals surface area contributed by atoms with Gasteiger partial charge < -0.3 is 15.5 Å². The van der Waals surface area contributed by atoms with Crippen molar-refractivity contribution in [1.82, 2.24) is 15.5 Å². The average molecular weight is 405 g/mol. The minimum Gasteiger partial charge on any atom is -0.357 e. The number of guanidine groups is 1. The fourth-order valence-corrected chi connectivity index (χ4v) is 6.52. The predicted molar refractivity (Wildman–Crippen MR) is 114 cm³/mol. The van der Waals surface area contributed by atoms with Crippen molar-refractivity contribution in [3.05, 3.63) is 0 Å². The monoisotopic (exact) mass is 404 g/mol. The molecule has 3 N–H and O–H groups in total. The molecule has 26 heavy (non-hydrogen) atoms. The van der Waals surface area contributed by atoms with E-state index in [4.69, 9.17) is 5.41 Å². The van der Waals surface area contributed by atoms with Gasteiger partial charge in [0.05, 0.1) is 0 Å². The Bertz CT molecular complexity index is 416. The molecule has 0 radical (unpaired) electrons. The Hall–Kier alpha value is -0.190. The van der Waals surface area contributed by atoms with Crippen LogP contribution >= 0.6 is 24.8 Å². The maximum atomic E-state index is 8.17. The van der Waals surface area contributed by atoms with Crippen molar-refractivity contribution in [3.8, 4) is 0 Å². The molecule has 152 valence electrons. The van der Waals surface area contributed by atoms with Crippen LogP contribution in [-0.4, -0.2) is 43.6 Å². The van der Waals surface area contributed by atoms with Gasteiger partial charge in [-0.15, -0.1) is 24.8 Å². The van der Waals surface area contributed by atoms with E-state index in [0.717, 1.165) is 30.8 Å². The molecule has 0 unspecified atom stereocenters. The first-order valence-electron chi connectivity index (χ1n) is 10.5. The normalized spacial score (nSPS) is 34.8. The van der Waals surface area contributed by atoms with Crippen molar-refractivity contribution in [2.75, 3.05) is 32.7 Å². The fraction of sp³-hybridized carbons (Fsp3) is 0.950. The summed E-state index contributed by atoms with van der Waals surface area (Å²) in [6.07, 6.45) is 14.0. The molecule has 1 heterocycles. The standard InChI is InChI=1S/C20H36N4.2ClH/c21-19(22-5-1-2-6-24-7-3-4-8-24)23-15-20-12-16-9-17(13-20)11-18(10-16)14-20;;/h16-18H,1-15H2,(H3,21,22,23);2*1H. The predicted octanol–water partition coefficient (Wildman–Crippen LogP) is 4.04. The van der Waals surface area contributed by atoms with Gasteiger partial charge in [-0.2, -0.15) is 0 Å². The number of halogens is 2. The summed E-state index contributed by atoms with van der Waals surface area (Å²) in [4.78, 5) is 2.58. The molecule has 4 saturated carbocycles. The van der Waals surface area contributed by atoms with Gasteiger partial charge in [0.2, 0.25) is 0 Å². The second-order valence-corrected chi connectivity index (χ2v) is 9.33. The molecule has 1 aliphatic heterocycles. The Labute approximate surface area is 172 Å². The van der Waals surface area contributed by atoms with Crippen LogP contribution in [-0.2, 0) is 0 Å². The Kier molecular flexibility index (Phi) is 8.36. The van der Waals surface area contributed by atoms with E-state index in [0.29, 0.717) is 11.4 Å². The van der Waals surface area contributed by atoms with Crippen molar-refractivity contribution < 1.29 is 0 Å². The van der Waals surface area contributed by atoms with Crippen molar-refractivity contribution in [2.45, 2.75) is 64.2 Å². The number of rotatable bonds is 7. The summed E-state index contributed by atoms with van der Waals surface area (Å²) in [6, 6.07) is 0. The molecule has 0 aromatic heterocycles. The van der Waals surface area contributed by atoms with Crippen molar-refractivity contribution >= 4 is 30.8 Å². The minimum atomic E-state index is 0. The van der Waals surface area contributed by atoms with Gasteiger partial charge in [-0.3, -0.25) is 5.41 Å². The number of hydrogen-bond acceptors (Lipinski definition) is 2. The first kappa shape index (κ1) is 22.1. The number of nitrogens with one attached hydrogen (secondary N) is 3. The van der Waals surface area contributed by atoms with Gasteiger partial charge in [0.25, 0.3) is 0 Å². The highest BCUT2D eigenvalue weighted by molar-refractivity contribution is 5.85. The lowest BCUT2D eigenvalue weighted by atomic mass is 9.49. The molecule has 0 amide bonds. The average Bonchev–Trinajstić information content (AvgIpc) is 3.05. The highest BCUT2D eigenvalue weighted by atomic mass is 35.5. The van der Waals surface area contributed by atoms with Gasteiger partial charge >= 0.3 is 0 Å². The summed E-state index contributed by atoms with van der Waals surface area (Å²) in [5.74, 6) is 3.58. The van der Waals surface area contributed by atoms with Gasteiger partial charge in [-0.05, 0) is 107 Å². The first-order valence-corrected chi connectivity index (χ1v) is 10.5. The van der Waals surface area contributed by atoms with E-state index in [1.54, 1.807) is 0 Å². The summed E-state index contributed by atoms with van der Waals surface area (Å²) < 4.78 is 0. The summed E-state index contributed by atoms with van der Waals surface area (Å²) in [6.45, 7) is 5.83. The van der Waals surface area contributed by atoms with Gasteiger partial charge in [-0.25, -0.2) is 0 Å². The molecule has 4 bridgehead atoms. The SMILES string of the molecule is Cl.Cl.N=C(NCCCCN1CCCC1)NCC12CC3CC(CC(C3)C1)C2. The maximum absolute atomic E-state index is 8.17. The second kappa shape index (κ2) is 9.84. The molecule has 4 aliphatic carbocycles. The molecular formula is C20H38Cl2N4. The summed E-state index contributed by atoms with van der Waals surface area (Å²) >= 11 is 0. The zero-order valence-corrected chi connectivity index (χ0v) is 17.7. The molecule has 5 aliphatic rings. The van der Waals surface area contributed by atoms with E-state index < -0.39 is 0 Å². The van der Waals surface area contributed by atoms with Crippen LogP contribution in [0.3, 0.4) is 0 Å². The zero-order valence-electron chi connectivity index (χ0n) is 16.1. The molecule has 0 aromatic rings. The van der Waals surface area contributed by atoms with E-state index in [2.05, 4.69) is 15.5 Å². The molecule has 5 fully saturated rings. The summed E-state index contributed by atoms with van der Waals surface area (Å²) in [5.41, 5.74) is 0.526. The van der Waals surface area contributed by atoms with Crippen LogP contribution in [0.15, 0.2) is 0 Å². The number of likely N-dealkylation sites (tertiary alicyclic amines) is 1. The molecule has 0 atom stereocenters. The van der Waals surface area contributed by atoms with Gasteiger partial charge in [0, 0.05) is 13.1 Å². The topological polar surface area (TPSA) is 51.2 Å². The van der Waals surface area contributed by atoms with Crippen molar-refractivity contribution in [1.29, 1.82) is 5.41 Å². The third kappa shape index (κ3) is 5.42. The number of unbranched alkanes of at least 4 members (excludes halogenated alkanes) is 1. The molecule has 5 rings (SSSR count). The van der Waals surface area contributed by atoms with E-state index in [-0.39, 0.29) is 24.8 Å². The lowest BCUT2D eigenvalue weighted by Crippen LogP contribution is -2.52. The third-order valence-electron chi connectivity index (χ3n) is 7.21. The Balaban J connectivity index is 0.00000121. The summed E-state index contributed by atoms with van der Waals surface area (Å²) in [5, 5.41) is 14.9. The number of nitrogens with zero attached hydrogens (tertiary/aromatic N) is 1. The molecular weight excluding hydrogens is 367 g/mol. The first-order chi connectivity index (χ1) is 11.7. The van der Waals surface area contributed by atoms with Crippen LogP contribution in [0.1, 0.15) is 64.2 Å². The number of hydrogen-bond donors (Lipinski definition) is 3. The van der Waals surface area contributed by atoms with Gasteiger partial charge in [0.1, 0.15) is 0 Å². The molecule has 0 spiro atoms. The van der Waals surface area contributed by atoms with Crippen LogP contribution in [0.25, 0.3) is 0 Å². The Morgan fingerprint density at radius 1 is 0.885 bits per heavy atom. The van der Waals surface area contributed by atoms with E-state index >= 15 is 0 Å². The van der Waals surface area contributed by atoms with Gasteiger partial charge in [0.15, 0.2) is 5.96 Å². The second-order valence-electron chi connectivity index (χ2n) is 9.33. The zero-order chi connectivity index (χ0) is 16.4. The molecule has 6 heteroatoms. The lowest BCUT2D eigenvalue weighted by molar-refractivity contribution is -0.0492. The van der Waals surface area contributed by atoms with E-state index in [1.807, 2.05) is 0 Å². The quantitative estimate of drug-likeness (QED) is 0.340. The van der Waals surface area contributed by atoms with Crippen molar-refractivity contribution in [2.24, 2.45) is 23.2 Å². The minimum absolute atomic E-state index is 0. The molecule has 4 nitrogen and oxygen atoms in total. The highest BCUT2D eigenvalue weighted by Crippen LogP contribution is 2.59.